The van der Waals surface area contributed by atoms with Crippen LogP contribution in [0.2, 0.25) is 0 Å². The highest BCUT2D eigenvalue weighted by Gasteiger charge is 2.40. The summed E-state index contributed by atoms with van der Waals surface area (Å²) in [6, 6.07) is 15.9. The van der Waals surface area contributed by atoms with Crippen molar-refractivity contribution in [2.24, 2.45) is 11.8 Å². The maximum absolute atomic E-state index is 13.2. The van der Waals surface area contributed by atoms with Gasteiger partial charge in [-0.1, -0.05) is 55.0 Å². The number of carbonyl (C=O) groups excluding carboxylic acids is 2. The van der Waals surface area contributed by atoms with Crippen molar-refractivity contribution in [3.8, 4) is 11.1 Å². The second-order valence-corrected chi connectivity index (χ2v) is 9.78. The highest BCUT2D eigenvalue weighted by Crippen LogP contribution is 2.44. The number of piperidine rings is 1. The molecule has 2 aromatic carbocycles. The third-order valence-electron chi connectivity index (χ3n) is 7.57. The number of carbonyl (C=O) groups is 3. The second-order valence-electron chi connectivity index (χ2n) is 9.78. The Morgan fingerprint density at radius 2 is 1.63 bits per heavy atom. The smallest absolute Gasteiger partial charge is 0.407 e. The van der Waals surface area contributed by atoms with Gasteiger partial charge in [-0.15, -0.1) is 0 Å². The fraction of sp³-hybridized carbons (Fsp3) is 0.444. The van der Waals surface area contributed by atoms with Gasteiger partial charge < -0.3 is 25.2 Å². The quantitative estimate of drug-likeness (QED) is 0.609. The van der Waals surface area contributed by atoms with Gasteiger partial charge in [0.1, 0.15) is 6.61 Å². The number of fused-ring (bicyclic) bond motifs is 3. The predicted molar refractivity (Wildman–Crippen MR) is 128 cm³/mol. The van der Waals surface area contributed by atoms with Crippen LogP contribution < -0.4 is 5.32 Å². The molecule has 1 saturated heterocycles. The molecule has 2 aromatic rings. The van der Waals surface area contributed by atoms with E-state index >= 15 is 0 Å². The number of carboxylic acids is 1. The first-order chi connectivity index (χ1) is 16.9. The zero-order chi connectivity index (χ0) is 24.5. The van der Waals surface area contributed by atoms with Gasteiger partial charge in [-0.2, -0.15) is 0 Å². The number of hydrogen-bond acceptors (Lipinski definition) is 5. The Bertz CT molecular complexity index is 1090. The van der Waals surface area contributed by atoms with Gasteiger partial charge in [0.05, 0.1) is 17.9 Å². The van der Waals surface area contributed by atoms with Gasteiger partial charge in [-0.3, -0.25) is 9.59 Å². The summed E-state index contributed by atoms with van der Waals surface area (Å²) in [5, 5.41) is 22.3. The minimum absolute atomic E-state index is 0.0445. The van der Waals surface area contributed by atoms with Crippen LogP contribution in [0.5, 0.6) is 0 Å². The maximum atomic E-state index is 13.2. The molecule has 2 amide bonds. The van der Waals surface area contributed by atoms with Crippen molar-refractivity contribution in [2.75, 3.05) is 19.7 Å². The average Bonchev–Trinajstić information content (AvgIpc) is 3.44. The molecule has 0 spiro atoms. The third kappa shape index (κ3) is 4.62. The lowest BCUT2D eigenvalue weighted by Crippen LogP contribution is -2.52. The Morgan fingerprint density at radius 3 is 2.29 bits per heavy atom. The van der Waals surface area contributed by atoms with E-state index in [1.54, 1.807) is 0 Å². The third-order valence-corrected chi connectivity index (χ3v) is 7.57. The van der Waals surface area contributed by atoms with E-state index < -0.39 is 30.0 Å². The van der Waals surface area contributed by atoms with Crippen LogP contribution in [0.15, 0.2) is 48.5 Å². The number of β-amino-alcohol motifs (C(OH)–C–C–N with tert-alkyl or cyclic N) is 1. The second kappa shape index (κ2) is 9.70. The van der Waals surface area contributed by atoms with Crippen LogP contribution in [0, 0.1) is 11.8 Å². The molecular weight excluding hydrogens is 448 g/mol. The molecule has 4 atom stereocenters. The number of carboxylic acid groups (broad SMARTS) is 1. The fourth-order valence-corrected chi connectivity index (χ4v) is 5.89. The van der Waals surface area contributed by atoms with E-state index in [-0.39, 0.29) is 44.0 Å². The Hall–Kier alpha value is -3.39. The minimum Gasteiger partial charge on any atom is -0.481 e. The van der Waals surface area contributed by atoms with Gasteiger partial charge in [-0.25, -0.2) is 4.79 Å². The van der Waals surface area contributed by atoms with Crippen LogP contribution in [0.1, 0.15) is 42.7 Å². The van der Waals surface area contributed by atoms with E-state index in [0.29, 0.717) is 12.8 Å². The topological polar surface area (TPSA) is 116 Å². The lowest BCUT2D eigenvalue weighted by molar-refractivity contribution is -0.150. The lowest BCUT2D eigenvalue weighted by Gasteiger charge is -2.36. The van der Waals surface area contributed by atoms with Gasteiger partial charge in [0.25, 0.3) is 0 Å². The summed E-state index contributed by atoms with van der Waals surface area (Å²) in [6.45, 7) is 0.403. The predicted octanol–water partition coefficient (Wildman–Crippen LogP) is 2.99. The van der Waals surface area contributed by atoms with Crippen molar-refractivity contribution in [1.82, 2.24) is 10.2 Å². The van der Waals surface area contributed by atoms with Gasteiger partial charge in [0.2, 0.25) is 5.91 Å². The van der Waals surface area contributed by atoms with Crippen LogP contribution in [0.3, 0.4) is 0 Å². The number of likely N-dealkylation sites (tertiary alicyclic amines) is 1. The minimum atomic E-state index is -1.01. The van der Waals surface area contributed by atoms with E-state index in [1.165, 1.54) is 4.90 Å². The van der Waals surface area contributed by atoms with E-state index in [2.05, 4.69) is 29.6 Å². The molecule has 2 fully saturated rings. The largest absolute Gasteiger partial charge is 0.481 e. The summed E-state index contributed by atoms with van der Waals surface area (Å²) in [7, 11) is 0. The fourth-order valence-electron chi connectivity index (χ4n) is 5.89. The molecule has 184 valence electrons. The molecule has 0 aromatic heterocycles. The summed E-state index contributed by atoms with van der Waals surface area (Å²) in [6.07, 6.45) is 0.772. The maximum Gasteiger partial charge on any atom is 0.407 e. The molecule has 0 bridgehead atoms. The van der Waals surface area contributed by atoms with Crippen molar-refractivity contribution in [2.45, 2.75) is 43.7 Å². The first-order valence-electron chi connectivity index (χ1n) is 12.2. The molecule has 2 aliphatic carbocycles. The van der Waals surface area contributed by atoms with Crippen LogP contribution in [0.25, 0.3) is 11.1 Å². The number of hydrogen-bond donors (Lipinski definition) is 3. The van der Waals surface area contributed by atoms with E-state index in [9.17, 15) is 24.6 Å². The Labute approximate surface area is 203 Å². The highest BCUT2D eigenvalue weighted by atomic mass is 16.5. The molecule has 3 N–H and O–H groups in total. The molecular formula is C27H30N2O6. The number of aliphatic carboxylic acids is 1. The van der Waals surface area contributed by atoms with Gasteiger partial charge in [0.15, 0.2) is 0 Å². The molecule has 1 heterocycles. The van der Waals surface area contributed by atoms with Crippen molar-refractivity contribution in [3.63, 3.8) is 0 Å². The van der Waals surface area contributed by atoms with E-state index in [4.69, 9.17) is 4.74 Å². The van der Waals surface area contributed by atoms with Gasteiger partial charge in [-0.05, 0) is 41.5 Å². The van der Waals surface area contributed by atoms with Crippen molar-refractivity contribution in [3.05, 3.63) is 59.7 Å². The van der Waals surface area contributed by atoms with Crippen LogP contribution in [-0.2, 0) is 14.3 Å². The summed E-state index contributed by atoms with van der Waals surface area (Å²) < 4.78 is 5.65. The van der Waals surface area contributed by atoms with Crippen LogP contribution >= 0.6 is 0 Å². The summed E-state index contributed by atoms with van der Waals surface area (Å²) >= 11 is 0. The molecule has 1 aliphatic heterocycles. The molecule has 0 radical (unpaired) electrons. The molecule has 1 saturated carbocycles. The number of nitrogens with zero attached hydrogens (tertiary/aromatic N) is 1. The van der Waals surface area contributed by atoms with Crippen LogP contribution in [0.4, 0.5) is 4.79 Å². The first-order valence-corrected chi connectivity index (χ1v) is 12.2. The first kappa shape index (κ1) is 23.4. The summed E-state index contributed by atoms with van der Waals surface area (Å²) in [5.74, 6) is -2.50. The normalized spacial score (nSPS) is 25.6. The summed E-state index contributed by atoms with van der Waals surface area (Å²) in [5.41, 5.74) is 4.57. The SMILES string of the molecule is O=C(N[C@H]1CCC[C@H]1C(=O)N1CC(O)CC(C(=O)O)C1)OCC1c2ccccc2-c2ccccc21. The van der Waals surface area contributed by atoms with Crippen molar-refractivity contribution >= 4 is 18.0 Å². The molecule has 35 heavy (non-hydrogen) atoms. The number of ether oxygens (including phenoxy) is 1. The number of nitrogens with one attached hydrogen (secondary N) is 1. The van der Waals surface area contributed by atoms with E-state index in [1.807, 2.05) is 24.3 Å². The highest BCUT2D eigenvalue weighted by molar-refractivity contribution is 5.82. The van der Waals surface area contributed by atoms with Crippen molar-refractivity contribution < 1.29 is 29.3 Å². The Kier molecular flexibility index (Phi) is 6.47. The van der Waals surface area contributed by atoms with Crippen LogP contribution in [-0.4, -0.2) is 64.9 Å². The molecule has 5 rings (SSSR count). The van der Waals surface area contributed by atoms with Crippen molar-refractivity contribution in [1.29, 1.82) is 0 Å². The van der Waals surface area contributed by atoms with Gasteiger partial charge >= 0.3 is 12.1 Å². The molecule has 8 heteroatoms. The zero-order valence-corrected chi connectivity index (χ0v) is 19.4. The Morgan fingerprint density at radius 1 is 0.971 bits per heavy atom. The Balaban J connectivity index is 1.21. The number of amides is 2. The monoisotopic (exact) mass is 478 g/mol. The average molecular weight is 479 g/mol. The number of aliphatic hydroxyl groups is 1. The zero-order valence-electron chi connectivity index (χ0n) is 19.4. The van der Waals surface area contributed by atoms with E-state index in [0.717, 1.165) is 28.7 Å². The standard InChI is InChI=1S/C27H30N2O6/c30-17-12-16(26(32)33)13-29(14-17)25(31)22-10-5-11-24(22)28-27(34)35-15-23-20-8-3-1-6-18(20)19-7-2-4-9-21(19)23/h1-4,6-9,16-17,22-24,30H,5,10-15H2,(H,28,34)(H,32,33)/t16?,17?,22-,24+/m1/s1. The van der Waals surface area contributed by atoms with Gasteiger partial charge in [0, 0.05) is 25.0 Å². The summed E-state index contributed by atoms with van der Waals surface area (Å²) in [4.78, 5) is 38.8. The number of aliphatic hydroxyl groups excluding tert-OH is 1. The number of alkyl carbamates (subject to hydrolysis) is 1. The number of rotatable bonds is 5. The number of benzene rings is 2. The molecule has 8 nitrogen and oxygen atoms in total. The molecule has 3 aliphatic rings. The molecule has 2 unspecified atom stereocenters. The lowest BCUT2D eigenvalue weighted by atomic mass is 9.93.